The summed E-state index contributed by atoms with van der Waals surface area (Å²) in [5, 5.41) is 9.45. The average Bonchev–Trinajstić information content (AvgIpc) is 2.77. The molecule has 1 aromatic rings. The van der Waals surface area contributed by atoms with Crippen LogP contribution in [0.5, 0.6) is 0 Å². The zero-order chi connectivity index (χ0) is 13.8. The van der Waals surface area contributed by atoms with Crippen molar-refractivity contribution in [3.05, 3.63) is 35.4 Å². The molecule has 0 bridgehead atoms. The Morgan fingerprint density at radius 2 is 2.11 bits per heavy atom. The number of aliphatic hydroxyl groups is 1. The number of likely N-dealkylation sites (N-methyl/N-ethyl adjacent to an activating group) is 1. The number of amides is 1. The van der Waals surface area contributed by atoms with Gasteiger partial charge in [-0.05, 0) is 18.9 Å². The number of rotatable bonds is 4. The van der Waals surface area contributed by atoms with Gasteiger partial charge in [0.1, 0.15) is 0 Å². The monoisotopic (exact) mass is 262 g/mol. The van der Waals surface area contributed by atoms with E-state index in [4.69, 9.17) is 0 Å². The summed E-state index contributed by atoms with van der Waals surface area (Å²) in [6, 6.07) is 8.23. The van der Waals surface area contributed by atoms with Crippen molar-refractivity contribution >= 4 is 5.91 Å². The van der Waals surface area contributed by atoms with Gasteiger partial charge in [-0.15, -0.1) is 0 Å². The lowest BCUT2D eigenvalue weighted by Crippen LogP contribution is -2.37. The van der Waals surface area contributed by atoms with Crippen LogP contribution in [-0.4, -0.2) is 53.6 Å². The molecule has 1 N–H and O–H groups in total. The second-order valence-electron chi connectivity index (χ2n) is 5.41. The lowest BCUT2D eigenvalue weighted by atomic mass is 10.1. The molecule has 0 spiro atoms. The van der Waals surface area contributed by atoms with Gasteiger partial charge in [0.25, 0.3) is 0 Å². The number of hydrogen-bond acceptors (Lipinski definition) is 3. The van der Waals surface area contributed by atoms with Gasteiger partial charge in [0.05, 0.1) is 12.6 Å². The number of likely N-dealkylation sites (tertiary alicyclic amines) is 1. The summed E-state index contributed by atoms with van der Waals surface area (Å²) in [6.07, 6.45) is 0.504. The normalized spacial score (nSPS) is 19.6. The Balaban J connectivity index is 1.83. The van der Waals surface area contributed by atoms with Crippen LogP contribution in [0.25, 0.3) is 0 Å². The van der Waals surface area contributed by atoms with E-state index in [1.807, 2.05) is 11.9 Å². The number of benzene rings is 1. The Morgan fingerprint density at radius 3 is 2.68 bits per heavy atom. The van der Waals surface area contributed by atoms with E-state index in [1.54, 1.807) is 4.90 Å². The van der Waals surface area contributed by atoms with Crippen molar-refractivity contribution < 1.29 is 9.90 Å². The van der Waals surface area contributed by atoms with Crippen molar-refractivity contribution in [2.24, 2.45) is 0 Å². The van der Waals surface area contributed by atoms with Crippen LogP contribution in [0.2, 0.25) is 0 Å². The van der Waals surface area contributed by atoms with Crippen LogP contribution in [0, 0.1) is 6.92 Å². The first kappa shape index (κ1) is 14.0. The fourth-order valence-electron chi connectivity index (χ4n) is 2.32. The molecule has 0 radical (unpaired) electrons. The molecule has 1 atom stereocenters. The highest BCUT2D eigenvalue weighted by Gasteiger charge is 2.23. The molecule has 0 aromatic heterocycles. The number of carbonyl (C=O) groups excluding carboxylic acids is 1. The molecule has 104 valence electrons. The first-order valence-corrected chi connectivity index (χ1v) is 6.74. The van der Waals surface area contributed by atoms with E-state index in [9.17, 15) is 9.90 Å². The van der Waals surface area contributed by atoms with E-state index < -0.39 is 0 Å². The molecular weight excluding hydrogens is 240 g/mol. The smallest absolute Gasteiger partial charge is 0.236 e. The highest BCUT2D eigenvalue weighted by Crippen LogP contribution is 2.10. The number of β-amino-alcohol motifs (C(OH)–C–C–N with tert-alkyl or cyclic N) is 1. The van der Waals surface area contributed by atoms with E-state index in [2.05, 4.69) is 31.2 Å². The highest BCUT2D eigenvalue weighted by molar-refractivity contribution is 5.78. The van der Waals surface area contributed by atoms with Gasteiger partial charge in [-0.3, -0.25) is 9.69 Å². The molecule has 0 aliphatic carbocycles. The van der Waals surface area contributed by atoms with E-state index in [0.29, 0.717) is 19.6 Å². The maximum atomic E-state index is 12.1. The van der Waals surface area contributed by atoms with Gasteiger partial charge in [-0.25, -0.2) is 0 Å². The molecule has 1 aromatic carbocycles. The van der Waals surface area contributed by atoms with Crippen molar-refractivity contribution in [1.29, 1.82) is 0 Å². The van der Waals surface area contributed by atoms with E-state index in [1.165, 1.54) is 5.56 Å². The lowest BCUT2D eigenvalue weighted by Gasteiger charge is -2.21. The minimum atomic E-state index is -0.268. The maximum Gasteiger partial charge on any atom is 0.236 e. The molecule has 1 heterocycles. The van der Waals surface area contributed by atoms with Crippen LogP contribution in [0.1, 0.15) is 17.5 Å². The van der Waals surface area contributed by atoms with Gasteiger partial charge in [0, 0.05) is 26.7 Å². The molecule has 1 unspecified atom stereocenters. The molecule has 4 heteroatoms. The highest BCUT2D eigenvalue weighted by atomic mass is 16.3. The maximum absolute atomic E-state index is 12.1. The van der Waals surface area contributed by atoms with Gasteiger partial charge >= 0.3 is 0 Å². The van der Waals surface area contributed by atoms with Crippen molar-refractivity contribution in [1.82, 2.24) is 9.80 Å². The third-order valence-corrected chi connectivity index (χ3v) is 3.57. The average molecular weight is 262 g/mol. The molecule has 1 aliphatic heterocycles. The van der Waals surface area contributed by atoms with Crippen molar-refractivity contribution in [2.75, 3.05) is 26.7 Å². The molecule has 4 nitrogen and oxygen atoms in total. The molecule has 0 saturated carbocycles. The van der Waals surface area contributed by atoms with Crippen LogP contribution >= 0.6 is 0 Å². The molecule has 1 aliphatic rings. The van der Waals surface area contributed by atoms with Crippen LogP contribution in [0.4, 0.5) is 0 Å². The topological polar surface area (TPSA) is 43.8 Å². The third kappa shape index (κ3) is 4.04. The first-order chi connectivity index (χ1) is 9.04. The molecule has 1 amide bonds. The molecule has 2 rings (SSSR count). The molecule has 19 heavy (non-hydrogen) atoms. The van der Waals surface area contributed by atoms with Crippen LogP contribution in [0.3, 0.4) is 0 Å². The van der Waals surface area contributed by atoms with Crippen LogP contribution < -0.4 is 0 Å². The van der Waals surface area contributed by atoms with Crippen molar-refractivity contribution in [2.45, 2.75) is 26.0 Å². The standard InChI is InChI=1S/C15H22N2O2/c1-12-3-5-13(6-4-12)9-16(2)15(19)11-17-8-7-14(18)10-17/h3-6,14,18H,7-11H2,1-2H3. The fourth-order valence-corrected chi connectivity index (χ4v) is 2.32. The van der Waals surface area contributed by atoms with E-state index >= 15 is 0 Å². The molecule has 1 fully saturated rings. The second-order valence-corrected chi connectivity index (χ2v) is 5.41. The van der Waals surface area contributed by atoms with E-state index in [-0.39, 0.29) is 12.0 Å². The summed E-state index contributed by atoms with van der Waals surface area (Å²) in [4.78, 5) is 15.8. The first-order valence-electron chi connectivity index (χ1n) is 6.74. The Bertz CT molecular complexity index is 430. The largest absolute Gasteiger partial charge is 0.392 e. The van der Waals surface area contributed by atoms with Gasteiger partial charge < -0.3 is 10.0 Å². The fraction of sp³-hybridized carbons (Fsp3) is 0.533. The minimum Gasteiger partial charge on any atom is -0.392 e. The van der Waals surface area contributed by atoms with Crippen molar-refractivity contribution in [3.8, 4) is 0 Å². The summed E-state index contributed by atoms with van der Waals surface area (Å²) >= 11 is 0. The zero-order valence-electron chi connectivity index (χ0n) is 11.7. The van der Waals surface area contributed by atoms with Crippen molar-refractivity contribution in [3.63, 3.8) is 0 Å². The summed E-state index contributed by atoms with van der Waals surface area (Å²) in [5.74, 6) is 0.106. The summed E-state index contributed by atoms with van der Waals surface area (Å²) < 4.78 is 0. The molecule has 1 saturated heterocycles. The summed E-state index contributed by atoms with van der Waals surface area (Å²) in [6.45, 7) is 4.52. The Labute approximate surface area is 114 Å². The Morgan fingerprint density at radius 1 is 1.42 bits per heavy atom. The number of nitrogens with zero attached hydrogens (tertiary/aromatic N) is 2. The predicted molar refractivity (Wildman–Crippen MR) is 74.7 cm³/mol. The quantitative estimate of drug-likeness (QED) is 0.881. The summed E-state index contributed by atoms with van der Waals surface area (Å²) in [7, 11) is 1.83. The molecular formula is C15H22N2O2. The number of aliphatic hydroxyl groups excluding tert-OH is 1. The SMILES string of the molecule is Cc1ccc(CN(C)C(=O)CN2CCC(O)C2)cc1. The second kappa shape index (κ2) is 6.17. The van der Waals surface area contributed by atoms with Gasteiger partial charge in [-0.1, -0.05) is 29.8 Å². The number of hydrogen-bond donors (Lipinski definition) is 1. The Kier molecular flexibility index (Phi) is 4.56. The Hall–Kier alpha value is -1.39. The number of aryl methyl sites for hydroxylation is 1. The summed E-state index contributed by atoms with van der Waals surface area (Å²) in [5.41, 5.74) is 2.37. The number of carbonyl (C=O) groups is 1. The van der Waals surface area contributed by atoms with Gasteiger partial charge in [-0.2, -0.15) is 0 Å². The third-order valence-electron chi connectivity index (χ3n) is 3.57. The van der Waals surface area contributed by atoms with Crippen LogP contribution in [-0.2, 0) is 11.3 Å². The zero-order valence-corrected chi connectivity index (χ0v) is 11.7. The predicted octanol–water partition coefficient (Wildman–Crippen LogP) is 1.02. The lowest BCUT2D eigenvalue weighted by molar-refractivity contribution is -0.131. The van der Waals surface area contributed by atoms with Gasteiger partial charge in [0.15, 0.2) is 0 Å². The van der Waals surface area contributed by atoms with E-state index in [0.717, 1.165) is 18.5 Å². The minimum absolute atomic E-state index is 0.106. The van der Waals surface area contributed by atoms with Crippen LogP contribution in [0.15, 0.2) is 24.3 Å². The van der Waals surface area contributed by atoms with Gasteiger partial charge in [0.2, 0.25) is 5.91 Å².